The first-order valence-electron chi connectivity index (χ1n) is 9.31. The number of rotatable bonds is 8. The average molecular weight is 401 g/mol. The molecule has 0 aliphatic heterocycles. The van der Waals surface area contributed by atoms with E-state index in [1.807, 2.05) is 24.3 Å². The number of carbonyl (C=O) groups is 1. The number of hydrogen-bond acceptors (Lipinski definition) is 5. The lowest BCUT2D eigenvalue weighted by atomic mass is 9.87. The van der Waals surface area contributed by atoms with Crippen LogP contribution in [-0.2, 0) is 5.41 Å². The van der Waals surface area contributed by atoms with E-state index < -0.39 is 11.0 Å². The fourth-order valence-electron chi connectivity index (χ4n) is 2.59. The number of methoxy groups -OCH3 is 1. The van der Waals surface area contributed by atoms with E-state index in [-0.39, 0.29) is 16.8 Å². The molecule has 0 atom stereocenters. The van der Waals surface area contributed by atoms with Gasteiger partial charge in [0.15, 0.2) is 0 Å². The molecule has 0 heterocycles. The summed E-state index contributed by atoms with van der Waals surface area (Å²) in [4.78, 5) is 22.4. The van der Waals surface area contributed by atoms with Crippen molar-refractivity contribution in [3.63, 3.8) is 0 Å². The molecule has 156 valence electrons. The Morgan fingerprint density at radius 3 is 2.41 bits per heavy atom. The highest BCUT2D eigenvalue weighted by Gasteiger charge is 2.14. The minimum atomic E-state index is -0.534. The lowest BCUT2D eigenvalue weighted by molar-refractivity contribution is -0.384. The van der Waals surface area contributed by atoms with Gasteiger partial charge in [-0.1, -0.05) is 32.9 Å². The predicted molar refractivity (Wildman–Crippen MR) is 112 cm³/mol. The maximum Gasteiger partial charge on any atom is 0.319 e. The molecule has 8 nitrogen and oxygen atoms in total. The molecule has 2 aromatic rings. The van der Waals surface area contributed by atoms with Crippen molar-refractivity contribution in [2.24, 2.45) is 0 Å². The van der Waals surface area contributed by atoms with Crippen LogP contribution < -0.4 is 20.1 Å². The summed E-state index contributed by atoms with van der Waals surface area (Å²) in [6, 6.07) is 11.5. The van der Waals surface area contributed by atoms with Crippen molar-refractivity contribution < 1.29 is 19.2 Å². The first-order valence-corrected chi connectivity index (χ1v) is 9.31. The van der Waals surface area contributed by atoms with Crippen LogP contribution in [0.25, 0.3) is 0 Å². The second-order valence-electron chi connectivity index (χ2n) is 7.50. The summed E-state index contributed by atoms with van der Waals surface area (Å²) in [5.74, 6) is 1.12. The minimum absolute atomic E-state index is 0.0949. The molecule has 2 N–H and O–H groups in total. The average Bonchev–Trinajstić information content (AvgIpc) is 2.67. The fourth-order valence-corrected chi connectivity index (χ4v) is 2.59. The number of nitro benzene ring substituents is 1. The number of ether oxygens (including phenoxy) is 2. The molecule has 0 bridgehead atoms. The zero-order chi connectivity index (χ0) is 21.4. The Hall–Kier alpha value is -3.29. The van der Waals surface area contributed by atoms with Gasteiger partial charge in [0.05, 0.1) is 24.3 Å². The molecule has 0 fully saturated rings. The van der Waals surface area contributed by atoms with Crippen LogP contribution in [0.4, 0.5) is 16.2 Å². The van der Waals surface area contributed by atoms with Crippen LogP contribution in [0.1, 0.15) is 32.8 Å². The number of nitro groups is 1. The minimum Gasteiger partial charge on any atom is -0.495 e. The number of benzene rings is 2. The Kier molecular flexibility index (Phi) is 7.41. The molecule has 0 unspecified atom stereocenters. The van der Waals surface area contributed by atoms with Crippen molar-refractivity contribution in [3.05, 3.63) is 58.1 Å². The van der Waals surface area contributed by atoms with Crippen molar-refractivity contribution in [1.82, 2.24) is 5.32 Å². The van der Waals surface area contributed by atoms with Gasteiger partial charge in [0, 0.05) is 18.7 Å². The summed E-state index contributed by atoms with van der Waals surface area (Å²) in [5, 5.41) is 16.1. The number of anilines is 1. The van der Waals surface area contributed by atoms with Crippen LogP contribution in [-0.4, -0.2) is 31.2 Å². The van der Waals surface area contributed by atoms with Crippen LogP contribution in [0.3, 0.4) is 0 Å². The van der Waals surface area contributed by atoms with Gasteiger partial charge < -0.3 is 20.1 Å². The summed E-state index contributed by atoms with van der Waals surface area (Å²) >= 11 is 0. The van der Waals surface area contributed by atoms with Gasteiger partial charge in [0.1, 0.15) is 11.5 Å². The summed E-state index contributed by atoms with van der Waals surface area (Å²) in [6.07, 6.45) is 0.612. The topological polar surface area (TPSA) is 103 Å². The Labute approximate surface area is 170 Å². The van der Waals surface area contributed by atoms with Gasteiger partial charge in [0.2, 0.25) is 0 Å². The molecule has 8 heteroatoms. The molecular formula is C21H27N3O5. The van der Waals surface area contributed by atoms with Crippen molar-refractivity contribution >= 4 is 17.4 Å². The molecule has 0 aliphatic carbocycles. The van der Waals surface area contributed by atoms with Gasteiger partial charge in [-0.2, -0.15) is 0 Å². The van der Waals surface area contributed by atoms with Crippen LogP contribution in [0.2, 0.25) is 0 Å². The first kappa shape index (κ1) is 22.0. The Morgan fingerprint density at radius 1 is 1.14 bits per heavy atom. The van der Waals surface area contributed by atoms with Crippen LogP contribution in [0.5, 0.6) is 11.5 Å². The van der Waals surface area contributed by atoms with Gasteiger partial charge in [-0.05, 0) is 35.6 Å². The summed E-state index contributed by atoms with van der Waals surface area (Å²) in [6.45, 7) is 7.31. The summed E-state index contributed by atoms with van der Waals surface area (Å²) in [5.41, 5.74) is 1.43. The highest BCUT2D eigenvalue weighted by molar-refractivity contribution is 5.91. The van der Waals surface area contributed by atoms with Crippen molar-refractivity contribution in [3.8, 4) is 11.5 Å². The lowest BCUT2D eigenvalue weighted by Crippen LogP contribution is -2.30. The van der Waals surface area contributed by atoms with E-state index in [1.54, 1.807) is 0 Å². The third-order valence-electron chi connectivity index (χ3n) is 4.24. The molecule has 29 heavy (non-hydrogen) atoms. The Morgan fingerprint density at radius 2 is 1.83 bits per heavy atom. The van der Waals surface area contributed by atoms with E-state index in [1.165, 1.54) is 30.9 Å². The van der Waals surface area contributed by atoms with E-state index in [9.17, 15) is 14.9 Å². The van der Waals surface area contributed by atoms with E-state index >= 15 is 0 Å². The largest absolute Gasteiger partial charge is 0.495 e. The standard InChI is InChI=1S/C21H27N3O5/c1-21(2,3)15-6-9-17(10-7-15)29-13-5-12-22-20(25)23-18-14-16(24(26)27)8-11-19(18)28-4/h6-11,14H,5,12-13H2,1-4H3,(H2,22,23,25). The molecule has 0 saturated heterocycles. The maximum absolute atomic E-state index is 12.0. The first-order chi connectivity index (χ1) is 13.7. The molecule has 0 saturated carbocycles. The van der Waals surface area contributed by atoms with Crippen molar-refractivity contribution in [1.29, 1.82) is 0 Å². The third-order valence-corrected chi connectivity index (χ3v) is 4.24. The van der Waals surface area contributed by atoms with Crippen molar-refractivity contribution in [2.75, 3.05) is 25.6 Å². The van der Waals surface area contributed by atoms with E-state index in [4.69, 9.17) is 9.47 Å². The van der Waals surface area contributed by atoms with Gasteiger partial charge in [0.25, 0.3) is 5.69 Å². The molecule has 2 aromatic carbocycles. The lowest BCUT2D eigenvalue weighted by Gasteiger charge is -2.19. The molecule has 2 rings (SSSR count). The normalized spacial score (nSPS) is 10.9. The number of non-ortho nitro benzene ring substituents is 1. The molecule has 0 aliphatic rings. The summed E-state index contributed by atoms with van der Waals surface area (Å²) in [7, 11) is 1.43. The van der Waals surface area contributed by atoms with Gasteiger partial charge in [-0.25, -0.2) is 4.79 Å². The van der Waals surface area contributed by atoms with Crippen LogP contribution in [0.15, 0.2) is 42.5 Å². The van der Waals surface area contributed by atoms with E-state index in [0.29, 0.717) is 25.3 Å². The smallest absolute Gasteiger partial charge is 0.319 e. The number of nitrogens with one attached hydrogen (secondary N) is 2. The quantitative estimate of drug-likeness (QED) is 0.385. The van der Waals surface area contributed by atoms with E-state index in [0.717, 1.165) is 5.75 Å². The monoisotopic (exact) mass is 401 g/mol. The highest BCUT2D eigenvalue weighted by Crippen LogP contribution is 2.28. The fraction of sp³-hybridized carbons (Fsp3) is 0.381. The summed E-state index contributed by atoms with van der Waals surface area (Å²) < 4.78 is 10.8. The number of hydrogen-bond donors (Lipinski definition) is 2. The molecule has 2 amide bonds. The maximum atomic E-state index is 12.0. The Balaban J connectivity index is 1.76. The molecule has 0 spiro atoms. The Bertz CT molecular complexity index is 844. The van der Waals surface area contributed by atoms with Gasteiger partial charge in [-0.3, -0.25) is 10.1 Å². The third kappa shape index (κ3) is 6.67. The molecule has 0 aromatic heterocycles. The number of urea groups is 1. The van der Waals surface area contributed by atoms with Crippen molar-refractivity contribution in [2.45, 2.75) is 32.6 Å². The van der Waals surface area contributed by atoms with Crippen LogP contribution >= 0.6 is 0 Å². The van der Waals surface area contributed by atoms with Crippen LogP contribution in [0, 0.1) is 10.1 Å². The number of amides is 2. The zero-order valence-electron chi connectivity index (χ0n) is 17.2. The second-order valence-corrected chi connectivity index (χ2v) is 7.50. The number of carbonyl (C=O) groups excluding carboxylic acids is 1. The predicted octanol–water partition coefficient (Wildman–Crippen LogP) is 4.49. The molecular weight excluding hydrogens is 374 g/mol. The number of nitrogens with zero attached hydrogens (tertiary/aromatic N) is 1. The second kappa shape index (κ2) is 9.77. The van der Waals surface area contributed by atoms with Gasteiger partial charge in [-0.15, -0.1) is 0 Å². The molecule has 0 radical (unpaired) electrons. The SMILES string of the molecule is COc1ccc([N+](=O)[O-])cc1NC(=O)NCCCOc1ccc(C(C)(C)C)cc1. The highest BCUT2D eigenvalue weighted by atomic mass is 16.6. The van der Waals surface area contributed by atoms with Gasteiger partial charge >= 0.3 is 6.03 Å². The van der Waals surface area contributed by atoms with E-state index in [2.05, 4.69) is 31.4 Å². The zero-order valence-corrected chi connectivity index (χ0v) is 17.2.